The highest BCUT2D eigenvalue weighted by Crippen LogP contribution is 2.28. The molecule has 0 saturated carbocycles. The molecule has 0 spiro atoms. The molecule has 0 aromatic carbocycles. The molecular formula is C20H20N4. The van der Waals surface area contributed by atoms with Crippen LogP contribution >= 0.6 is 0 Å². The summed E-state index contributed by atoms with van der Waals surface area (Å²) >= 11 is 0. The Morgan fingerprint density at radius 2 is 0.625 bits per heavy atom. The van der Waals surface area contributed by atoms with Gasteiger partial charge in [-0.3, -0.25) is 20.0 Å². The molecule has 8 bridgehead atoms. The Kier molecular flexibility index (Phi) is 3.28. The molecule has 0 aromatic heterocycles. The van der Waals surface area contributed by atoms with E-state index in [1.807, 2.05) is 0 Å². The second-order valence-electron chi connectivity index (χ2n) is 6.96. The van der Waals surface area contributed by atoms with Gasteiger partial charge in [0.2, 0.25) is 0 Å². The van der Waals surface area contributed by atoms with Gasteiger partial charge in [-0.1, -0.05) is 0 Å². The van der Waals surface area contributed by atoms with Crippen LogP contribution in [0.1, 0.15) is 51.4 Å². The maximum atomic E-state index is 4.79. The van der Waals surface area contributed by atoms with Crippen molar-refractivity contribution in [3.05, 3.63) is 47.1 Å². The van der Waals surface area contributed by atoms with Crippen LogP contribution in [-0.4, -0.2) is 22.8 Å². The molecule has 4 nitrogen and oxygen atoms in total. The smallest absolute Gasteiger partial charge is 0.0428 e. The van der Waals surface area contributed by atoms with E-state index in [9.17, 15) is 0 Å². The third-order valence-corrected chi connectivity index (χ3v) is 5.03. The Hall–Kier alpha value is -2.36. The van der Waals surface area contributed by atoms with Crippen molar-refractivity contribution in [2.24, 2.45) is 20.0 Å². The molecule has 0 amide bonds. The molecule has 5 rings (SSSR count). The van der Waals surface area contributed by atoms with Crippen molar-refractivity contribution in [2.45, 2.75) is 51.4 Å². The van der Waals surface area contributed by atoms with Crippen LogP contribution in [0.2, 0.25) is 0 Å². The van der Waals surface area contributed by atoms with E-state index in [-0.39, 0.29) is 0 Å². The molecule has 120 valence electrons. The van der Waals surface area contributed by atoms with E-state index in [0.29, 0.717) is 0 Å². The zero-order chi connectivity index (χ0) is 15.9. The summed E-state index contributed by atoms with van der Waals surface area (Å²) < 4.78 is 0. The first-order valence-electron chi connectivity index (χ1n) is 8.93. The van der Waals surface area contributed by atoms with Crippen molar-refractivity contribution in [3.8, 4) is 0 Å². The molecule has 0 N–H and O–H groups in total. The number of rotatable bonds is 0. The molecule has 0 atom stereocenters. The summed E-state index contributed by atoms with van der Waals surface area (Å²) in [5.74, 6) is 0. The minimum absolute atomic E-state index is 1.02. The zero-order valence-electron chi connectivity index (χ0n) is 13.8. The first kappa shape index (κ1) is 14.0. The van der Waals surface area contributed by atoms with Gasteiger partial charge >= 0.3 is 0 Å². The summed E-state index contributed by atoms with van der Waals surface area (Å²) in [5, 5.41) is 0. The van der Waals surface area contributed by atoms with E-state index >= 15 is 0 Å². The average molecular weight is 316 g/mol. The largest absolute Gasteiger partial charge is 0.258 e. The first-order chi connectivity index (χ1) is 11.8. The number of aliphatic imine (C=N–C) groups is 4. The summed E-state index contributed by atoms with van der Waals surface area (Å²) in [7, 11) is 0. The molecule has 4 heteroatoms. The van der Waals surface area contributed by atoms with Crippen molar-refractivity contribution in [2.75, 3.05) is 0 Å². The fourth-order valence-corrected chi connectivity index (χ4v) is 3.81. The lowest BCUT2D eigenvalue weighted by molar-refractivity contribution is 1.05. The number of hydrogen-bond donors (Lipinski definition) is 0. The maximum Gasteiger partial charge on any atom is 0.0428 e. The summed E-state index contributed by atoms with van der Waals surface area (Å²) in [6, 6.07) is 0. The second-order valence-corrected chi connectivity index (χ2v) is 6.96. The third-order valence-electron chi connectivity index (χ3n) is 5.03. The van der Waals surface area contributed by atoms with Gasteiger partial charge in [0.25, 0.3) is 0 Å². The lowest BCUT2D eigenvalue weighted by Gasteiger charge is -1.93. The van der Waals surface area contributed by atoms with Gasteiger partial charge < -0.3 is 0 Å². The normalized spacial score (nSPS) is 34.0. The van der Waals surface area contributed by atoms with E-state index in [1.165, 1.54) is 0 Å². The summed E-state index contributed by atoms with van der Waals surface area (Å²) in [6.07, 6.45) is 16.9. The SMILES string of the molecule is C1=C2/CCC(=N2)/C=C2/CCC(=N2)/C=C2/CCC(=N2)/C=C2/CCC/1=N2. The van der Waals surface area contributed by atoms with Crippen molar-refractivity contribution in [3.63, 3.8) is 0 Å². The minimum atomic E-state index is 1.02. The highest BCUT2D eigenvalue weighted by molar-refractivity contribution is 6.05. The Balaban J connectivity index is 1.59. The Labute approximate surface area is 141 Å². The minimum Gasteiger partial charge on any atom is -0.258 e. The molecular weight excluding hydrogens is 296 g/mol. The monoisotopic (exact) mass is 316 g/mol. The van der Waals surface area contributed by atoms with E-state index in [4.69, 9.17) is 20.0 Å². The molecule has 5 aliphatic heterocycles. The van der Waals surface area contributed by atoms with Crippen LogP contribution in [0.4, 0.5) is 0 Å². The maximum absolute atomic E-state index is 4.79. The topological polar surface area (TPSA) is 49.4 Å². The average Bonchev–Trinajstić information content (AvgIpc) is 3.32. The van der Waals surface area contributed by atoms with Gasteiger partial charge in [0.05, 0.1) is 0 Å². The van der Waals surface area contributed by atoms with Crippen LogP contribution in [-0.2, 0) is 0 Å². The van der Waals surface area contributed by atoms with Gasteiger partial charge in [-0.05, 0) is 75.7 Å². The first-order valence-corrected chi connectivity index (χ1v) is 8.93. The molecule has 0 fully saturated rings. The van der Waals surface area contributed by atoms with Gasteiger partial charge in [0.1, 0.15) is 0 Å². The summed E-state index contributed by atoms with van der Waals surface area (Å²) in [6.45, 7) is 0. The number of allylic oxidation sites excluding steroid dienone is 8. The standard InChI is InChI=1S/C20H20N4/c1-2-14-10-16-5-6-18(23-16)12-20-8-7-19(24-20)11-17-4-3-15(22-17)9-13(1)21-14/h9-12H,1-8H2/b13-9-,14-10?,15-9?,16-10-,17-11-,18-12?,19-11?,20-12-. The number of nitrogens with zero attached hydrogens (tertiary/aromatic N) is 4. The molecule has 24 heavy (non-hydrogen) atoms. The van der Waals surface area contributed by atoms with Gasteiger partial charge in [-0.2, -0.15) is 0 Å². The Morgan fingerprint density at radius 1 is 0.375 bits per heavy atom. The molecule has 5 heterocycles. The summed E-state index contributed by atoms with van der Waals surface area (Å²) in [5.41, 5.74) is 9.31. The highest BCUT2D eigenvalue weighted by atomic mass is 14.9. The Morgan fingerprint density at radius 3 is 0.875 bits per heavy atom. The van der Waals surface area contributed by atoms with E-state index in [1.54, 1.807) is 0 Å². The fourth-order valence-electron chi connectivity index (χ4n) is 3.81. The number of fused-ring (bicyclic) bond motifs is 4. The van der Waals surface area contributed by atoms with Crippen LogP contribution in [0.25, 0.3) is 0 Å². The quantitative estimate of drug-likeness (QED) is 0.633. The molecule has 0 aliphatic carbocycles. The van der Waals surface area contributed by atoms with Crippen LogP contribution in [0, 0.1) is 0 Å². The van der Waals surface area contributed by atoms with Gasteiger partial charge in [-0.15, -0.1) is 0 Å². The van der Waals surface area contributed by atoms with Gasteiger partial charge in [0.15, 0.2) is 0 Å². The molecule has 5 aliphatic rings. The van der Waals surface area contributed by atoms with Crippen LogP contribution in [0.3, 0.4) is 0 Å². The van der Waals surface area contributed by atoms with Crippen molar-refractivity contribution < 1.29 is 0 Å². The highest BCUT2D eigenvalue weighted by Gasteiger charge is 2.19. The lowest BCUT2D eigenvalue weighted by atomic mass is 10.1. The summed E-state index contributed by atoms with van der Waals surface area (Å²) in [4.78, 5) is 19.1. The zero-order valence-corrected chi connectivity index (χ0v) is 13.8. The fraction of sp³-hybridized carbons (Fsp3) is 0.400. The van der Waals surface area contributed by atoms with Crippen LogP contribution in [0.5, 0.6) is 0 Å². The van der Waals surface area contributed by atoms with E-state index in [2.05, 4.69) is 24.3 Å². The van der Waals surface area contributed by atoms with E-state index < -0.39 is 0 Å². The Bertz CT molecular complexity index is 696. The van der Waals surface area contributed by atoms with E-state index in [0.717, 1.165) is 97.0 Å². The molecule has 0 unspecified atom stereocenters. The van der Waals surface area contributed by atoms with Gasteiger partial charge in [0, 0.05) is 45.6 Å². The predicted octanol–water partition coefficient (Wildman–Crippen LogP) is 4.47. The second kappa shape index (κ2) is 5.62. The van der Waals surface area contributed by atoms with Crippen molar-refractivity contribution in [1.29, 1.82) is 0 Å². The van der Waals surface area contributed by atoms with Crippen molar-refractivity contribution in [1.82, 2.24) is 0 Å². The predicted molar refractivity (Wildman–Crippen MR) is 99.0 cm³/mol. The number of hydrogen-bond acceptors (Lipinski definition) is 4. The lowest BCUT2D eigenvalue weighted by Crippen LogP contribution is -1.88. The van der Waals surface area contributed by atoms with Crippen molar-refractivity contribution >= 4 is 22.8 Å². The molecule has 0 aromatic rings. The van der Waals surface area contributed by atoms with Crippen LogP contribution < -0.4 is 0 Å². The molecule has 0 radical (unpaired) electrons. The third kappa shape index (κ3) is 2.77. The molecule has 0 saturated heterocycles. The van der Waals surface area contributed by atoms with Gasteiger partial charge in [-0.25, -0.2) is 0 Å². The van der Waals surface area contributed by atoms with Crippen LogP contribution in [0.15, 0.2) is 67.1 Å².